The molecule has 1 aromatic carbocycles. The number of aromatic amines is 1. The van der Waals surface area contributed by atoms with Gasteiger partial charge in [0.25, 0.3) is 0 Å². The van der Waals surface area contributed by atoms with E-state index >= 15 is 0 Å². The van der Waals surface area contributed by atoms with Crippen molar-refractivity contribution >= 4 is 16.9 Å². The molecular formula is C19H25N3O4. The van der Waals surface area contributed by atoms with Gasteiger partial charge in [-0.1, -0.05) is 12.1 Å². The second-order valence-electron chi connectivity index (χ2n) is 7.40. The Bertz CT molecular complexity index is 873. The van der Waals surface area contributed by atoms with Crippen LogP contribution in [0.2, 0.25) is 0 Å². The van der Waals surface area contributed by atoms with E-state index in [0.717, 1.165) is 30.3 Å². The molecule has 26 heavy (non-hydrogen) atoms. The zero-order valence-corrected chi connectivity index (χ0v) is 15.0. The molecule has 1 aliphatic carbocycles. The molecule has 7 nitrogen and oxygen atoms in total. The lowest BCUT2D eigenvalue weighted by atomic mass is 9.79. The van der Waals surface area contributed by atoms with Crippen molar-refractivity contribution in [2.75, 3.05) is 13.7 Å². The van der Waals surface area contributed by atoms with Gasteiger partial charge in [-0.05, 0) is 37.8 Å². The van der Waals surface area contributed by atoms with Gasteiger partial charge in [0, 0.05) is 26.6 Å². The number of methoxy groups -OCH3 is 1. The van der Waals surface area contributed by atoms with Crippen LogP contribution in [-0.2, 0) is 16.1 Å². The number of para-hydroxylation sites is 2. The van der Waals surface area contributed by atoms with Crippen molar-refractivity contribution in [3.63, 3.8) is 0 Å². The molecule has 1 saturated heterocycles. The minimum absolute atomic E-state index is 0.0141. The SMILES string of the molecule is CO[C@@]12CC[C@@H](O)C[C@@H]1N(C(=O)CCn1c(=O)[nH]c3ccccc31)CC2. The number of nitrogens with one attached hydrogen (secondary N) is 1. The summed E-state index contributed by atoms with van der Waals surface area (Å²) in [5, 5.41) is 10.1. The summed E-state index contributed by atoms with van der Waals surface area (Å²) in [5.74, 6) is 0.0141. The van der Waals surface area contributed by atoms with E-state index in [1.54, 1.807) is 11.7 Å². The van der Waals surface area contributed by atoms with Crippen LogP contribution in [0.15, 0.2) is 29.1 Å². The van der Waals surface area contributed by atoms with Crippen LogP contribution in [0, 0.1) is 0 Å². The number of amides is 1. The number of likely N-dealkylation sites (tertiary alicyclic amines) is 1. The van der Waals surface area contributed by atoms with Crippen molar-refractivity contribution in [1.82, 2.24) is 14.5 Å². The Morgan fingerprint density at radius 2 is 2.19 bits per heavy atom. The molecule has 2 aliphatic rings. The number of rotatable bonds is 4. The van der Waals surface area contributed by atoms with E-state index in [1.807, 2.05) is 29.2 Å². The molecule has 0 unspecified atom stereocenters. The number of aliphatic hydroxyl groups is 1. The molecule has 140 valence electrons. The first-order chi connectivity index (χ1) is 12.5. The first-order valence-electron chi connectivity index (χ1n) is 9.24. The van der Waals surface area contributed by atoms with Crippen LogP contribution in [0.3, 0.4) is 0 Å². The standard InChI is InChI=1S/C19H25N3O4/c1-26-19-8-6-13(23)12-16(19)22(11-9-19)17(24)7-10-21-15-5-3-2-4-14(15)20-18(21)25/h2-5,13,16,23H,6-12H2,1H3,(H,20,25)/t13-,16+,19-/m1/s1. The Morgan fingerprint density at radius 3 is 3.00 bits per heavy atom. The van der Waals surface area contributed by atoms with Gasteiger partial charge in [0.15, 0.2) is 0 Å². The van der Waals surface area contributed by atoms with Gasteiger partial charge in [-0.3, -0.25) is 9.36 Å². The third kappa shape index (κ3) is 2.75. The van der Waals surface area contributed by atoms with Crippen LogP contribution in [0.25, 0.3) is 11.0 Å². The minimum Gasteiger partial charge on any atom is -0.393 e. The first-order valence-corrected chi connectivity index (χ1v) is 9.24. The maximum Gasteiger partial charge on any atom is 0.326 e. The fourth-order valence-corrected chi connectivity index (χ4v) is 4.65. The number of benzene rings is 1. The quantitative estimate of drug-likeness (QED) is 0.860. The number of aliphatic hydroxyl groups excluding tert-OH is 1. The number of nitrogens with zero attached hydrogens (tertiary/aromatic N) is 2. The summed E-state index contributed by atoms with van der Waals surface area (Å²) < 4.78 is 7.41. The third-order valence-electron chi connectivity index (χ3n) is 6.11. The number of carbonyl (C=O) groups is 1. The summed E-state index contributed by atoms with van der Waals surface area (Å²) in [5.41, 5.74) is 1.07. The Morgan fingerprint density at radius 1 is 1.38 bits per heavy atom. The number of H-pyrrole nitrogens is 1. The summed E-state index contributed by atoms with van der Waals surface area (Å²) in [7, 11) is 1.70. The number of aryl methyl sites for hydroxylation is 1. The summed E-state index contributed by atoms with van der Waals surface area (Å²) in [6.07, 6.45) is 2.74. The smallest absolute Gasteiger partial charge is 0.326 e. The Labute approximate surface area is 151 Å². The zero-order chi connectivity index (χ0) is 18.3. The molecule has 1 aliphatic heterocycles. The number of hydrogen-bond donors (Lipinski definition) is 2. The largest absolute Gasteiger partial charge is 0.393 e. The fraction of sp³-hybridized carbons (Fsp3) is 0.579. The van der Waals surface area contributed by atoms with Gasteiger partial charge in [0.05, 0.1) is 28.8 Å². The molecule has 0 spiro atoms. The van der Waals surface area contributed by atoms with E-state index in [-0.39, 0.29) is 35.8 Å². The number of carbonyl (C=O) groups excluding carboxylic acids is 1. The molecule has 2 aromatic rings. The van der Waals surface area contributed by atoms with Crippen LogP contribution >= 0.6 is 0 Å². The van der Waals surface area contributed by atoms with Gasteiger partial charge >= 0.3 is 5.69 Å². The Hall–Kier alpha value is -2.12. The molecule has 4 rings (SSSR count). The average molecular weight is 359 g/mol. The van der Waals surface area contributed by atoms with Gasteiger partial charge in [0.2, 0.25) is 5.91 Å². The lowest BCUT2D eigenvalue weighted by molar-refractivity contribution is -0.140. The van der Waals surface area contributed by atoms with E-state index in [0.29, 0.717) is 19.5 Å². The number of hydrogen-bond acceptors (Lipinski definition) is 4. The second-order valence-corrected chi connectivity index (χ2v) is 7.40. The fourth-order valence-electron chi connectivity index (χ4n) is 4.65. The molecule has 2 fully saturated rings. The first kappa shape index (κ1) is 17.3. The predicted octanol–water partition coefficient (Wildman–Crippen LogP) is 1.25. The van der Waals surface area contributed by atoms with E-state index in [9.17, 15) is 14.7 Å². The van der Waals surface area contributed by atoms with Crippen molar-refractivity contribution < 1.29 is 14.6 Å². The summed E-state index contributed by atoms with van der Waals surface area (Å²) in [6, 6.07) is 7.40. The van der Waals surface area contributed by atoms with Crippen molar-refractivity contribution in [2.24, 2.45) is 0 Å². The molecule has 1 amide bonds. The van der Waals surface area contributed by atoms with Crippen LogP contribution in [-0.4, -0.2) is 56.9 Å². The molecule has 2 heterocycles. The lowest BCUT2D eigenvalue weighted by Gasteiger charge is -2.42. The number of ether oxygens (including phenoxy) is 1. The van der Waals surface area contributed by atoms with E-state index in [4.69, 9.17) is 4.74 Å². The van der Waals surface area contributed by atoms with Crippen LogP contribution in [0.1, 0.15) is 32.1 Å². The highest BCUT2D eigenvalue weighted by atomic mass is 16.5. The van der Waals surface area contributed by atoms with Crippen molar-refractivity contribution in [3.05, 3.63) is 34.7 Å². The maximum atomic E-state index is 12.9. The van der Waals surface area contributed by atoms with Crippen molar-refractivity contribution in [3.8, 4) is 0 Å². The average Bonchev–Trinajstić information content (AvgIpc) is 3.17. The van der Waals surface area contributed by atoms with Crippen molar-refractivity contribution in [1.29, 1.82) is 0 Å². The number of fused-ring (bicyclic) bond motifs is 2. The van der Waals surface area contributed by atoms with E-state index in [2.05, 4.69) is 4.98 Å². The number of imidazole rings is 1. The minimum atomic E-state index is -0.382. The molecule has 0 bridgehead atoms. The molecule has 0 radical (unpaired) electrons. The summed E-state index contributed by atoms with van der Waals surface area (Å²) in [4.78, 5) is 29.7. The Balaban J connectivity index is 1.50. The van der Waals surface area contributed by atoms with Gasteiger partial charge in [-0.15, -0.1) is 0 Å². The molecule has 7 heteroatoms. The molecule has 2 N–H and O–H groups in total. The molecule has 3 atom stereocenters. The monoisotopic (exact) mass is 359 g/mol. The molecule has 1 saturated carbocycles. The zero-order valence-electron chi connectivity index (χ0n) is 15.0. The normalized spacial score (nSPS) is 28.5. The highest BCUT2D eigenvalue weighted by molar-refractivity contribution is 5.78. The highest BCUT2D eigenvalue weighted by Crippen LogP contribution is 2.42. The van der Waals surface area contributed by atoms with E-state index in [1.165, 1.54) is 0 Å². The Kier molecular flexibility index (Phi) is 4.36. The maximum absolute atomic E-state index is 12.9. The van der Waals surface area contributed by atoms with E-state index < -0.39 is 0 Å². The molecule has 1 aromatic heterocycles. The molecular weight excluding hydrogens is 334 g/mol. The second kappa shape index (κ2) is 6.55. The van der Waals surface area contributed by atoms with Gasteiger partial charge < -0.3 is 19.7 Å². The number of aromatic nitrogens is 2. The van der Waals surface area contributed by atoms with Crippen LogP contribution < -0.4 is 5.69 Å². The summed E-state index contributed by atoms with van der Waals surface area (Å²) >= 11 is 0. The van der Waals surface area contributed by atoms with Gasteiger partial charge in [-0.25, -0.2) is 4.79 Å². The predicted molar refractivity (Wildman–Crippen MR) is 96.9 cm³/mol. The van der Waals surface area contributed by atoms with Gasteiger partial charge in [0.1, 0.15) is 0 Å². The lowest BCUT2D eigenvalue weighted by Crippen LogP contribution is -2.52. The van der Waals surface area contributed by atoms with Gasteiger partial charge in [-0.2, -0.15) is 0 Å². The summed E-state index contributed by atoms with van der Waals surface area (Å²) in [6.45, 7) is 0.986. The van der Waals surface area contributed by atoms with Crippen LogP contribution in [0.4, 0.5) is 0 Å². The topological polar surface area (TPSA) is 87.6 Å². The highest BCUT2D eigenvalue weighted by Gasteiger charge is 2.52. The third-order valence-corrected chi connectivity index (χ3v) is 6.11. The van der Waals surface area contributed by atoms with Crippen molar-refractivity contribution in [2.45, 2.75) is 56.4 Å². The van der Waals surface area contributed by atoms with Crippen LogP contribution in [0.5, 0.6) is 0 Å².